The number of hydrogen-bond acceptors (Lipinski definition) is 5. The van der Waals surface area contributed by atoms with Crippen molar-refractivity contribution in [3.8, 4) is 5.69 Å². The smallest absolute Gasteiger partial charge is 0.328 e. The van der Waals surface area contributed by atoms with Gasteiger partial charge in [-0.05, 0) is 44.4 Å². The highest BCUT2D eigenvalue weighted by molar-refractivity contribution is 7.20. The molecule has 0 aliphatic carbocycles. The average molecular weight is 443 g/mol. The van der Waals surface area contributed by atoms with Gasteiger partial charge in [0.1, 0.15) is 4.83 Å². The Labute approximate surface area is 180 Å². The molecule has 1 aliphatic rings. The number of para-hydroxylation sites is 1. The number of amides is 1. The van der Waals surface area contributed by atoms with E-state index in [0.29, 0.717) is 22.3 Å². The molecule has 5 rings (SSSR count). The van der Waals surface area contributed by atoms with Gasteiger partial charge in [-0.2, -0.15) is 10.2 Å². The van der Waals surface area contributed by atoms with Gasteiger partial charge in [0.05, 0.1) is 27.3 Å². The number of H-pyrrole nitrogens is 2. The zero-order valence-electron chi connectivity index (χ0n) is 16.2. The second kappa shape index (κ2) is 7.41. The number of rotatable bonds is 3. The molecule has 1 aliphatic heterocycles. The molecule has 1 atom stereocenters. The number of halogens is 1. The first kappa shape index (κ1) is 19.1. The minimum Gasteiger partial charge on any atom is -0.328 e. The monoisotopic (exact) mass is 442 g/mol. The van der Waals surface area contributed by atoms with E-state index in [0.717, 1.165) is 40.9 Å². The number of thiophene rings is 1. The molecule has 10 heteroatoms. The van der Waals surface area contributed by atoms with Crippen LogP contribution in [0.2, 0.25) is 5.02 Å². The Morgan fingerprint density at radius 2 is 2.13 bits per heavy atom. The van der Waals surface area contributed by atoms with Gasteiger partial charge >= 0.3 is 5.69 Å². The average Bonchev–Trinajstić information content (AvgIpc) is 3.45. The van der Waals surface area contributed by atoms with Crippen LogP contribution in [0.5, 0.6) is 0 Å². The second-order valence-corrected chi connectivity index (χ2v) is 8.79. The summed E-state index contributed by atoms with van der Waals surface area (Å²) >= 11 is 7.78. The third-order valence-corrected chi connectivity index (χ3v) is 6.85. The number of carbonyl (C=O) groups excluding carboxylic acids is 1. The molecule has 30 heavy (non-hydrogen) atoms. The van der Waals surface area contributed by atoms with Crippen LogP contribution >= 0.6 is 22.9 Å². The molecular weight excluding hydrogens is 424 g/mol. The summed E-state index contributed by atoms with van der Waals surface area (Å²) in [5, 5.41) is 12.6. The van der Waals surface area contributed by atoms with Crippen LogP contribution in [0.3, 0.4) is 0 Å². The number of piperidine rings is 1. The van der Waals surface area contributed by atoms with Gasteiger partial charge in [-0.15, -0.1) is 11.3 Å². The number of likely N-dealkylation sites (tertiary alicyclic amines) is 1. The van der Waals surface area contributed by atoms with Gasteiger partial charge in [0.2, 0.25) is 0 Å². The van der Waals surface area contributed by atoms with Crippen molar-refractivity contribution in [2.45, 2.75) is 32.2 Å². The van der Waals surface area contributed by atoms with Gasteiger partial charge in [-0.3, -0.25) is 9.78 Å². The maximum Gasteiger partial charge on any atom is 0.340 e. The van der Waals surface area contributed by atoms with Gasteiger partial charge in [-0.25, -0.2) is 14.6 Å². The summed E-state index contributed by atoms with van der Waals surface area (Å²) in [6.45, 7) is 2.55. The van der Waals surface area contributed by atoms with Gasteiger partial charge in [0.25, 0.3) is 5.91 Å². The molecule has 0 radical (unpaired) electrons. The SMILES string of the molecule is Cc1nn(-c2ccccc2Cl)c2sc(C(=O)N3CCCC[C@H]3c3n[nH]c(=O)[nH]3)cc12. The molecule has 1 saturated heterocycles. The fraction of sp³-hybridized carbons (Fsp3) is 0.300. The summed E-state index contributed by atoms with van der Waals surface area (Å²) in [7, 11) is 0. The Morgan fingerprint density at radius 3 is 2.90 bits per heavy atom. The number of benzene rings is 1. The van der Waals surface area contributed by atoms with Crippen LogP contribution in [-0.4, -0.2) is 42.3 Å². The van der Waals surface area contributed by atoms with E-state index < -0.39 is 0 Å². The predicted molar refractivity (Wildman–Crippen MR) is 116 cm³/mol. The molecule has 0 bridgehead atoms. The Hall–Kier alpha value is -2.91. The number of nitrogens with one attached hydrogen (secondary N) is 2. The van der Waals surface area contributed by atoms with Crippen LogP contribution in [0.15, 0.2) is 35.1 Å². The standard InChI is InChI=1S/C20H19ClN6O2S/c1-11-12-10-16(30-19(12)27(25-11)14-7-3-2-6-13(14)21)18(28)26-9-5-4-8-15(26)17-22-20(29)24-23-17/h2-3,6-7,10,15H,4-5,8-9H2,1H3,(H2,22,23,24,29)/t15-/m0/s1. The van der Waals surface area contributed by atoms with Gasteiger partial charge in [0.15, 0.2) is 5.82 Å². The minimum absolute atomic E-state index is 0.0603. The molecular formula is C20H19ClN6O2S. The van der Waals surface area contributed by atoms with Crippen molar-refractivity contribution in [2.75, 3.05) is 6.54 Å². The molecule has 0 spiro atoms. The minimum atomic E-state index is -0.361. The number of aryl methyl sites for hydroxylation is 1. The largest absolute Gasteiger partial charge is 0.340 e. The number of carbonyl (C=O) groups is 1. The molecule has 4 aromatic rings. The fourth-order valence-corrected chi connectivity index (χ4v) is 5.33. The molecule has 154 valence electrons. The highest BCUT2D eigenvalue weighted by atomic mass is 35.5. The topological polar surface area (TPSA) is 99.7 Å². The molecule has 1 aromatic carbocycles. The first-order valence-electron chi connectivity index (χ1n) is 9.72. The zero-order chi connectivity index (χ0) is 20.8. The van der Waals surface area contributed by atoms with E-state index in [2.05, 4.69) is 20.3 Å². The molecule has 1 fully saturated rings. The molecule has 4 heterocycles. The summed E-state index contributed by atoms with van der Waals surface area (Å²) in [5.74, 6) is 0.447. The molecule has 8 nitrogen and oxygen atoms in total. The van der Waals surface area contributed by atoms with Crippen LogP contribution in [0.25, 0.3) is 15.9 Å². The van der Waals surface area contributed by atoms with Gasteiger partial charge < -0.3 is 4.90 Å². The van der Waals surface area contributed by atoms with E-state index in [1.165, 1.54) is 11.3 Å². The Morgan fingerprint density at radius 1 is 1.30 bits per heavy atom. The summed E-state index contributed by atoms with van der Waals surface area (Å²) in [6, 6.07) is 9.17. The van der Waals surface area contributed by atoms with Crippen molar-refractivity contribution in [3.63, 3.8) is 0 Å². The van der Waals surface area contributed by atoms with E-state index in [-0.39, 0.29) is 17.6 Å². The molecule has 3 aromatic heterocycles. The number of aromatic nitrogens is 5. The van der Waals surface area contributed by atoms with E-state index >= 15 is 0 Å². The van der Waals surface area contributed by atoms with Crippen molar-refractivity contribution < 1.29 is 4.79 Å². The number of aromatic amines is 2. The van der Waals surface area contributed by atoms with Crippen LogP contribution in [-0.2, 0) is 0 Å². The number of fused-ring (bicyclic) bond motifs is 1. The van der Waals surface area contributed by atoms with Gasteiger partial charge in [-0.1, -0.05) is 23.7 Å². The Bertz CT molecular complexity index is 1300. The maximum absolute atomic E-state index is 13.4. The lowest BCUT2D eigenvalue weighted by molar-refractivity contribution is 0.0605. The Kier molecular flexibility index (Phi) is 4.71. The van der Waals surface area contributed by atoms with Crippen molar-refractivity contribution in [2.24, 2.45) is 0 Å². The fourth-order valence-electron chi connectivity index (χ4n) is 3.98. The normalized spacial score (nSPS) is 17.0. The van der Waals surface area contributed by atoms with Gasteiger partial charge in [0, 0.05) is 11.9 Å². The summed E-state index contributed by atoms with van der Waals surface area (Å²) < 4.78 is 1.80. The van der Waals surface area contributed by atoms with E-state index in [1.54, 1.807) is 4.68 Å². The Balaban J connectivity index is 1.54. The van der Waals surface area contributed by atoms with E-state index in [4.69, 9.17) is 11.6 Å². The predicted octanol–water partition coefficient (Wildman–Crippen LogP) is 3.83. The van der Waals surface area contributed by atoms with Crippen LogP contribution in [0, 0.1) is 6.92 Å². The lowest BCUT2D eigenvalue weighted by Crippen LogP contribution is -2.38. The second-order valence-electron chi connectivity index (χ2n) is 7.35. The van der Waals surface area contributed by atoms with Crippen molar-refractivity contribution in [1.29, 1.82) is 0 Å². The van der Waals surface area contributed by atoms with E-state index in [9.17, 15) is 9.59 Å². The van der Waals surface area contributed by atoms with Crippen molar-refractivity contribution in [3.05, 3.63) is 62.2 Å². The highest BCUT2D eigenvalue weighted by Crippen LogP contribution is 2.35. The first-order valence-corrected chi connectivity index (χ1v) is 10.9. The van der Waals surface area contributed by atoms with Crippen LogP contribution in [0.4, 0.5) is 0 Å². The lowest BCUT2D eigenvalue weighted by atomic mass is 10.0. The third kappa shape index (κ3) is 3.14. The molecule has 1 amide bonds. The van der Waals surface area contributed by atoms with Crippen LogP contribution < -0.4 is 5.69 Å². The van der Waals surface area contributed by atoms with Crippen molar-refractivity contribution >= 4 is 39.1 Å². The van der Waals surface area contributed by atoms with E-state index in [1.807, 2.05) is 42.2 Å². The summed E-state index contributed by atoms with van der Waals surface area (Å²) in [5.41, 5.74) is 1.26. The lowest BCUT2D eigenvalue weighted by Gasteiger charge is -2.33. The molecule has 2 N–H and O–H groups in total. The number of nitrogens with zero attached hydrogens (tertiary/aromatic N) is 4. The summed E-state index contributed by atoms with van der Waals surface area (Å²) in [4.78, 5) is 31.0. The first-order chi connectivity index (χ1) is 14.5. The molecule has 0 saturated carbocycles. The van der Waals surface area contributed by atoms with Crippen molar-refractivity contribution in [1.82, 2.24) is 29.9 Å². The third-order valence-electron chi connectivity index (χ3n) is 5.43. The molecule has 0 unspecified atom stereocenters. The zero-order valence-corrected chi connectivity index (χ0v) is 17.8. The summed E-state index contributed by atoms with van der Waals surface area (Å²) in [6.07, 6.45) is 2.68. The quantitative estimate of drug-likeness (QED) is 0.503. The number of hydrogen-bond donors (Lipinski definition) is 2. The highest BCUT2D eigenvalue weighted by Gasteiger charge is 2.32. The maximum atomic E-state index is 13.4. The van der Waals surface area contributed by atoms with Crippen LogP contribution in [0.1, 0.15) is 46.5 Å².